The average molecular weight is 359 g/mol. The average Bonchev–Trinajstić information content (AvgIpc) is 3.28. The van der Waals surface area contributed by atoms with Crippen molar-refractivity contribution in [2.75, 3.05) is 31.1 Å². The standard InChI is InChI=1S/C18H21N3O3S/c22-16(21-10-7-13(11-21)17(23)24)12-5-8-20(9-6-12)18-19-14-3-1-2-4-15(14)25-18/h1-4,12-13H,5-11H2,(H,23,24)/t13-/m1/s1. The molecule has 0 bridgehead atoms. The van der Waals surface area contributed by atoms with E-state index >= 15 is 0 Å². The number of amides is 1. The number of likely N-dealkylation sites (tertiary alicyclic amines) is 1. The number of hydrogen-bond donors (Lipinski definition) is 1. The van der Waals surface area contributed by atoms with Crippen molar-refractivity contribution in [1.29, 1.82) is 0 Å². The Labute approximate surface area is 150 Å². The fraction of sp³-hybridized carbons (Fsp3) is 0.500. The van der Waals surface area contributed by atoms with Gasteiger partial charge in [0.05, 0.1) is 16.1 Å². The summed E-state index contributed by atoms with van der Waals surface area (Å²) in [5.74, 6) is -1.04. The molecule has 3 heterocycles. The zero-order chi connectivity index (χ0) is 17.4. The fourth-order valence-corrected chi connectivity index (χ4v) is 4.75. The number of carbonyl (C=O) groups is 2. The number of para-hydroxylation sites is 1. The van der Waals surface area contributed by atoms with Crippen molar-refractivity contribution in [3.05, 3.63) is 24.3 Å². The van der Waals surface area contributed by atoms with Crippen molar-refractivity contribution in [3.8, 4) is 0 Å². The molecular formula is C18H21N3O3S. The van der Waals surface area contributed by atoms with Gasteiger partial charge in [0, 0.05) is 32.1 Å². The Morgan fingerprint density at radius 1 is 1.08 bits per heavy atom. The minimum absolute atomic E-state index is 0.0122. The minimum Gasteiger partial charge on any atom is -0.481 e. The van der Waals surface area contributed by atoms with Gasteiger partial charge in [0.15, 0.2) is 5.13 Å². The van der Waals surface area contributed by atoms with Gasteiger partial charge < -0.3 is 14.9 Å². The summed E-state index contributed by atoms with van der Waals surface area (Å²) in [5, 5.41) is 10.1. The Balaban J connectivity index is 1.36. The quantitative estimate of drug-likeness (QED) is 0.911. The number of thiazole rings is 1. The molecule has 2 aliphatic rings. The van der Waals surface area contributed by atoms with E-state index in [0.717, 1.165) is 36.6 Å². The van der Waals surface area contributed by atoms with E-state index in [9.17, 15) is 9.59 Å². The third-order valence-electron chi connectivity index (χ3n) is 5.25. The van der Waals surface area contributed by atoms with Crippen LogP contribution in [0.15, 0.2) is 24.3 Å². The van der Waals surface area contributed by atoms with Gasteiger partial charge in [0.25, 0.3) is 0 Å². The zero-order valence-corrected chi connectivity index (χ0v) is 14.7. The van der Waals surface area contributed by atoms with Crippen LogP contribution in [0.25, 0.3) is 10.2 Å². The van der Waals surface area contributed by atoms with Gasteiger partial charge in [-0.1, -0.05) is 23.5 Å². The summed E-state index contributed by atoms with van der Waals surface area (Å²) in [7, 11) is 0. The van der Waals surface area contributed by atoms with Gasteiger partial charge in [-0.15, -0.1) is 0 Å². The number of nitrogens with zero attached hydrogens (tertiary/aromatic N) is 3. The summed E-state index contributed by atoms with van der Waals surface area (Å²) >= 11 is 1.70. The molecule has 0 unspecified atom stereocenters. The number of rotatable bonds is 3. The highest BCUT2D eigenvalue weighted by Crippen LogP contribution is 2.32. The molecule has 6 nitrogen and oxygen atoms in total. The molecule has 2 aliphatic heterocycles. The molecule has 1 aromatic heterocycles. The van der Waals surface area contributed by atoms with E-state index in [1.54, 1.807) is 16.2 Å². The largest absolute Gasteiger partial charge is 0.481 e. The van der Waals surface area contributed by atoms with Crippen LogP contribution in [-0.4, -0.2) is 53.0 Å². The minimum atomic E-state index is -0.791. The predicted molar refractivity (Wildman–Crippen MR) is 96.9 cm³/mol. The lowest BCUT2D eigenvalue weighted by Crippen LogP contribution is -2.42. The number of carboxylic acids is 1. The predicted octanol–water partition coefficient (Wildman–Crippen LogP) is 2.45. The molecule has 1 amide bonds. The molecule has 2 saturated heterocycles. The van der Waals surface area contributed by atoms with Crippen LogP contribution in [0.4, 0.5) is 5.13 Å². The molecule has 25 heavy (non-hydrogen) atoms. The maximum Gasteiger partial charge on any atom is 0.308 e. The molecule has 0 radical (unpaired) electrons. The molecule has 4 rings (SSSR count). The number of aliphatic carboxylic acids is 1. The fourth-order valence-electron chi connectivity index (χ4n) is 3.73. The highest BCUT2D eigenvalue weighted by Gasteiger charge is 2.35. The molecule has 0 saturated carbocycles. The van der Waals surface area contributed by atoms with Gasteiger partial charge in [-0.25, -0.2) is 4.98 Å². The zero-order valence-electron chi connectivity index (χ0n) is 13.9. The van der Waals surface area contributed by atoms with Gasteiger partial charge in [-0.05, 0) is 31.4 Å². The summed E-state index contributed by atoms with van der Waals surface area (Å²) < 4.78 is 1.19. The second-order valence-corrected chi connectivity index (χ2v) is 7.84. The van der Waals surface area contributed by atoms with Crippen LogP contribution in [0.1, 0.15) is 19.3 Å². The van der Waals surface area contributed by atoms with Crippen molar-refractivity contribution < 1.29 is 14.7 Å². The second kappa shape index (κ2) is 6.63. The van der Waals surface area contributed by atoms with Crippen LogP contribution in [0, 0.1) is 11.8 Å². The van der Waals surface area contributed by atoms with Gasteiger partial charge in [-0.3, -0.25) is 9.59 Å². The van der Waals surface area contributed by atoms with E-state index in [1.165, 1.54) is 4.70 Å². The van der Waals surface area contributed by atoms with Crippen LogP contribution in [0.2, 0.25) is 0 Å². The van der Waals surface area contributed by atoms with E-state index in [2.05, 4.69) is 11.0 Å². The summed E-state index contributed by atoms with van der Waals surface area (Å²) in [6.45, 7) is 2.60. The lowest BCUT2D eigenvalue weighted by molar-refractivity contribution is -0.141. The number of hydrogen-bond acceptors (Lipinski definition) is 5. The number of carboxylic acid groups (broad SMARTS) is 1. The molecule has 132 valence electrons. The number of piperidine rings is 1. The third-order valence-corrected chi connectivity index (χ3v) is 6.34. The summed E-state index contributed by atoms with van der Waals surface area (Å²) in [6, 6.07) is 8.13. The highest BCUT2D eigenvalue weighted by molar-refractivity contribution is 7.22. The molecule has 2 fully saturated rings. The van der Waals surface area contributed by atoms with Crippen molar-refractivity contribution in [1.82, 2.24) is 9.88 Å². The summed E-state index contributed by atoms with van der Waals surface area (Å²) in [6.07, 6.45) is 2.19. The van der Waals surface area contributed by atoms with Crippen LogP contribution in [0.3, 0.4) is 0 Å². The first kappa shape index (κ1) is 16.3. The molecule has 1 aromatic carbocycles. The monoisotopic (exact) mass is 359 g/mol. The number of anilines is 1. The van der Waals surface area contributed by atoms with Gasteiger partial charge in [-0.2, -0.15) is 0 Å². The highest BCUT2D eigenvalue weighted by atomic mass is 32.1. The maximum atomic E-state index is 12.7. The molecule has 0 aliphatic carbocycles. The first-order valence-electron chi connectivity index (χ1n) is 8.74. The van der Waals surface area contributed by atoms with Crippen molar-refractivity contribution in [2.24, 2.45) is 11.8 Å². The first-order chi connectivity index (χ1) is 12.1. The maximum absolute atomic E-state index is 12.7. The van der Waals surface area contributed by atoms with Crippen molar-refractivity contribution >= 4 is 38.6 Å². The topological polar surface area (TPSA) is 73.7 Å². The Bertz CT molecular complexity index is 765. The molecule has 1 N–H and O–H groups in total. The van der Waals surface area contributed by atoms with Gasteiger partial charge in [0.1, 0.15) is 0 Å². The lowest BCUT2D eigenvalue weighted by atomic mass is 9.95. The van der Waals surface area contributed by atoms with Crippen LogP contribution in [-0.2, 0) is 9.59 Å². The van der Waals surface area contributed by atoms with Crippen molar-refractivity contribution in [3.63, 3.8) is 0 Å². The molecule has 1 atom stereocenters. The first-order valence-corrected chi connectivity index (χ1v) is 9.55. The lowest BCUT2D eigenvalue weighted by Gasteiger charge is -2.33. The van der Waals surface area contributed by atoms with E-state index in [1.807, 2.05) is 18.2 Å². The number of benzene rings is 1. The van der Waals surface area contributed by atoms with Crippen molar-refractivity contribution in [2.45, 2.75) is 19.3 Å². The number of carbonyl (C=O) groups excluding carboxylic acids is 1. The van der Waals surface area contributed by atoms with Crippen LogP contribution >= 0.6 is 11.3 Å². The van der Waals surface area contributed by atoms with E-state index in [0.29, 0.717) is 19.5 Å². The molecule has 7 heteroatoms. The van der Waals surface area contributed by atoms with Crippen LogP contribution in [0.5, 0.6) is 0 Å². The van der Waals surface area contributed by atoms with Gasteiger partial charge >= 0.3 is 5.97 Å². The number of fused-ring (bicyclic) bond motifs is 1. The summed E-state index contributed by atoms with van der Waals surface area (Å²) in [5.41, 5.74) is 1.03. The SMILES string of the molecule is O=C(O)[C@@H]1CCN(C(=O)C2CCN(c3nc4ccccc4s3)CC2)C1. The van der Waals surface area contributed by atoms with Crippen LogP contribution < -0.4 is 4.90 Å². The second-order valence-electron chi connectivity index (χ2n) is 6.83. The van der Waals surface area contributed by atoms with Gasteiger partial charge in [0.2, 0.25) is 5.91 Å². The Hall–Kier alpha value is -2.15. The molecule has 0 spiro atoms. The Kier molecular flexibility index (Phi) is 4.33. The molecular weight excluding hydrogens is 338 g/mol. The third kappa shape index (κ3) is 3.20. The smallest absolute Gasteiger partial charge is 0.308 e. The van der Waals surface area contributed by atoms with E-state index < -0.39 is 11.9 Å². The normalized spacial score (nSPS) is 21.8. The summed E-state index contributed by atoms with van der Waals surface area (Å²) in [4.78, 5) is 32.4. The molecule has 2 aromatic rings. The van der Waals surface area contributed by atoms with E-state index in [-0.39, 0.29) is 11.8 Å². The van der Waals surface area contributed by atoms with E-state index in [4.69, 9.17) is 10.1 Å². The Morgan fingerprint density at radius 3 is 2.48 bits per heavy atom. The Morgan fingerprint density at radius 2 is 1.80 bits per heavy atom. The number of aromatic nitrogens is 1.